The zero-order valence-corrected chi connectivity index (χ0v) is 10.8. The van der Waals surface area contributed by atoms with Gasteiger partial charge in [0.05, 0.1) is 0 Å². The van der Waals surface area contributed by atoms with Crippen molar-refractivity contribution in [3.63, 3.8) is 0 Å². The van der Waals surface area contributed by atoms with Crippen LogP contribution in [-0.2, 0) is 0 Å². The molecule has 0 bridgehead atoms. The molecular formula is C12H23N5. The van der Waals surface area contributed by atoms with E-state index in [9.17, 15) is 0 Å². The van der Waals surface area contributed by atoms with E-state index in [-0.39, 0.29) is 6.17 Å². The number of guanidine groups is 2. The molecule has 17 heavy (non-hydrogen) atoms. The Morgan fingerprint density at radius 1 is 1.29 bits per heavy atom. The van der Waals surface area contributed by atoms with E-state index in [1.165, 1.54) is 32.1 Å². The number of nitrogens with one attached hydrogen (secondary N) is 1. The summed E-state index contributed by atoms with van der Waals surface area (Å²) < 4.78 is 0. The number of hydrogen-bond acceptors (Lipinski definition) is 5. The fourth-order valence-corrected chi connectivity index (χ4v) is 2.46. The van der Waals surface area contributed by atoms with Crippen LogP contribution < -0.4 is 11.1 Å². The maximum absolute atomic E-state index is 5.85. The van der Waals surface area contributed by atoms with Gasteiger partial charge in [-0.15, -0.1) is 0 Å². The summed E-state index contributed by atoms with van der Waals surface area (Å²) in [4.78, 5) is 11.2. The number of aliphatic imine (C=N–C) groups is 2. The van der Waals surface area contributed by atoms with Crippen LogP contribution in [0.15, 0.2) is 9.98 Å². The van der Waals surface area contributed by atoms with Crippen molar-refractivity contribution >= 4 is 11.9 Å². The van der Waals surface area contributed by atoms with Gasteiger partial charge in [-0.3, -0.25) is 5.32 Å². The zero-order chi connectivity index (χ0) is 12.3. The molecule has 0 saturated heterocycles. The van der Waals surface area contributed by atoms with Crippen molar-refractivity contribution in [3.8, 4) is 0 Å². The van der Waals surface area contributed by atoms with Gasteiger partial charge in [-0.25, -0.2) is 9.98 Å². The summed E-state index contributed by atoms with van der Waals surface area (Å²) in [6.45, 7) is 3.01. The van der Waals surface area contributed by atoms with Gasteiger partial charge in [0.15, 0.2) is 5.96 Å². The molecule has 96 valence electrons. The van der Waals surface area contributed by atoms with E-state index in [1.54, 1.807) is 0 Å². The summed E-state index contributed by atoms with van der Waals surface area (Å²) in [6.07, 6.45) is 6.45. The molecule has 0 aromatic heterocycles. The first-order valence-electron chi connectivity index (χ1n) is 6.60. The molecule has 0 spiro atoms. The smallest absolute Gasteiger partial charge is 0.202 e. The first-order valence-corrected chi connectivity index (χ1v) is 6.60. The highest BCUT2D eigenvalue weighted by atomic mass is 15.4. The second-order valence-electron chi connectivity index (χ2n) is 4.92. The summed E-state index contributed by atoms with van der Waals surface area (Å²) in [6, 6.07) is 0. The average molecular weight is 237 g/mol. The van der Waals surface area contributed by atoms with Crippen molar-refractivity contribution in [2.24, 2.45) is 21.6 Å². The number of rotatable bonds is 2. The largest absolute Gasteiger partial charge is 0.370 e. The molecule has 5 nitrogen and oxygen atoms in total. The summed E-state index contributed by atoms with van der Waals surface area (Å²) in [5.74, 6) is 1.94. The lowest BCUT2D eigenvalue weighted by Gasteiger charge is -2.30. The van der Waals surface area contributed by atoms with Crippen molar-refractivity contribution in [3.05, 3.63) is 0 Å². The van der Waals surface area contributed by atoms with E-state index in [4.69, 9.17) is 10.7 Å². The minimum atomic E-state index is 0.0283. The van der Waals surface area contributed by atoms with Crippen molar-refractivity contribution in [1.82, 2.24) is 10.2 Å². The molecule has 0 radical (unpaired) electrons. The van der Waals surface area contributed by atoms with Crippen LogP contribution in [0.2, 0.25) is 0 Å². The summed E-state index contributed by atoms with van der Waals surface area (Å²) in [5, 5.41) is 3.04. The summed E-state index contributed by atoms with van der Waals surface area (Å²) in [7, 11) is 2.02. The number of nitrogens with zero attached hydrogens (tertiary/aromatic N) is 3. The molecule has 5 heteroatoms. The molecule has 1 fully saturated rings. The van der Waals surface area contributed by atoms with E-state index in [0.717, 1.165) is 12.5 Å². The van der Waals surface area contributed by atoms with Crippen LogP contribution in [0, 0.1) is 5.92 Å². The molecule has 1 atom stereocenters. The zero-order valence-electron chi connectivity index (χ0n) is 10.8. The Bertz CT molecular complexity index is 317. The number of nitrogens with two attached hydrogens (primary N) is 1. The Balaban J connectivity index is 2.08. The monoisotopic (exact) mass is 237 g/mol. The van der Waals surface area contributed by atoms with E-state index >= 15 is 0 Å². The third kappa shape index (κ3) is 2.90. The van der Waals surface area contributed by atoms with Crippen molar-refractivity contribution in [1.29, 1.82) is 0 Å². The lowest BCUT2D eigenvalue weighted by atomic mass is 9.87. The van der Waals surface area contributed by atoms with E-state index in [2.05, 4.69) is 22.1 Å². The maximum atomic E-state index is 5.85. The van der Waals surface area contributed by atoms with Gasteiger partial charge in [-0.2, -0.15) is 0 Å². The quantitative estimate of drug-likeness (QED) is 0.756. The van der Waals surface area contributed by atoms with Crippen molar-refractivity contribution in [2.75, 3.05) is 13.6 Å². The molecule has 1 aliphatic heterocycles. The predicted octanol–water partition coefficient (Wildman–Crippen LogP) is 1.12. The highest BCUT2D eigenvalue weighted by Gasteiger charge is 2.26. The highest BCUT2D eigenvalue weighted by molar-refractivity contribution is 5.99. The van der Waals surface area contributed by atoms with Gasteiger partial charge >= 0.3 is 0 Å². The molecule has 3 N–H and O–H groups in total. The van der Waals surface area contributed by atoms with Crippen LogP contribution in [-0.4, -0.2) is 36.6 Å². The second-order valence-corrected chi connectivity index (χ2v) is 4.92. The lowest BCUT2D eigenvalue weighted by molar-refractivity contribution is 0.306. The Labute approximate surface area is 103 Å². The average Bonchev–Trinajstić information content (AvgIpc) is 2.38. The maximum Gasteiger partial charge on any atom is 0.202 e. The molecule has 1 heterocycles. The molecule has 1 aliphatic carbocycles. The van der Waals surface area contributed by atoms with Gasteiger partial charge in [0.1, 0.15) is 6.17 Å². The van der Waals surface area contributed by atoms with Gasteiger partial charge in [0.25, 0.3) is 0 Å². The molecule has 2 rings (SSSR count). The van der Waals surface area contributed by atoms with Crippen LogP contribution >= 0.6 is 0 Å². The first kappa shape index (κ1) is 12.2. The normalized spacial score (nSPS) is 25.9. The van der Waals surface area contributed by atoms with E-state index in [1.807, 2.05) is 7.05 Å². The SMILES string of the molecule is CCN(C)C1=NC(C2CCCCC2)N=C(N)N1. The molecule has 0 amide bonds. The van der Waals surface area contributed by atoms with Gasteiger partial charge in [-0.1, -0.05) is 19.3 Å². The fourth-order valence-electron chi connectivity index (χ4n) is 2.46. The third-order valence-electron chi connectivity index (χ3n) is 3.67. The van der Waals surface area contributed by atoms with Crippen molar-refractivity contribution < 1.29 is 0 Å². The Morgan fingerprint density at radius 2 is 2.00 bits per heavy atom. The molecule has 0 aromatic rings. The lowest BCUT2D eigenvalue weighted by Crippen LogP contribution is -2.49. The first-order chi connectivity index (χ1) is 8.20. The van der Waals surface area contributed by atoms with Crippen LogP contribution in [0.25, 0.3) is 0 Å². The summed E-state index contributed by atoms with van der Waals surface area (Å²) >= 11 is 0. The van der Waals surface area contributed by atoms with E-state index in [0.29, 0.717) is 11.9 Å². The fraction of sp³-hybridized carbons (Fsp3) is 0.833. The minimum Gasteiger partial charge on any atom is -0.370 e. The van der Waals surface area contributed by atoms with Gasteiger partial charge < -0.3 is 10.6 Å². The van der Waals surface area contributed by atoms with E-state index < -0.39 is 0 Å². The van der Waals surface area contributed by atoms with Crippen molar-refractivity contribution in [2.45, 2.75) is 45.2 Å². The predicted molar refractivity (Wildman–Crippen MR) is 70.9 cm³/mol. The van der Waals surface area contributed by atoms with Gasteiger partial charge in [-0.05, 0) is 19.8 Å². The topological polar surface area (TPSA) is 66.0 Å². The molecule has 0 aromatic carbocycles. The van der Waals surface area contributed by atoms with Crippen LogP contribution in [0.4, 0.5) is 0 Å². The third-order valence-corrected chi connectivity index (χ3v) is 3.67. The van der Waals surface area contributed by atoms with Crippen LogP contribution in [0.1, 0.15) is 39.0 Å². The molecular weight excluding hydrogens is 214 g/mol. The van der Waals surface area contributed by atoms with Crippen LogP contribution in [0.3, 0.4) is 0 Å². The molecule has 1 saturated carbocycles. The minimum absolute atomic E-state index is 0.0283. The summed E-state index contributed by atoms with van der Waals surface area (Å²) in [5.41, 5.74) is 5.85. The van der Waals surface area contributed by atoms with Crippen LogP contribution in [0.5, 0.6) is 0 Å². The van der Waals surface area contributed by atoms with Gasteiger partial charge in [0, 0.05) is 19.5 Å². The highest BCUT2D eigenvalue weighted by Crippen LogP contribution is 2.29. The second kappa shape index (κ2) is 5.38. The Hall–Kier alpha value is -1.26. The standard InChI is InChI=1S/C12H23N5/c1-3-17(2)12-15-10(14-11(13)16-12)9-7-5-4-6-8-9/h9-10H,3-8H2,1-2H3,(H3,13,14,15,16). The molecule has 1 unspecified atom stereocenters. The Kier molecular flexibility index (Phi) is 3.86. The van der Waals surface area contributed by atoms with Gasteiger partial charge in [0.2, 0.25) is 5.96 Å². The number of hydrogen-bond donors (Lipinski definition) is 2. The Morgan fingerprint density at radius 3 is 2.65 bits per heavy atom. The molecule has 2 aliphatic rings.